The topological polar surface area (TPSA) is 47.0 Å². The lowest BCUT2D eigenvalue weighted by Gasteiger charge is -2.34. The number of nitrogens with one attached hydrogen (secondary N) is 1. The molecule has 1 N–H and O–H groups in total. The summed E-state index contributed by atoms with van der Waals surface area (Å²) < 4.78 is 10.0. The molecule has 0 radical (unpaired) electrons. The van der Waals surface area contributed by atoms with E-state index in [9.17, 15) is 0 Å². The Morgan fingerprint density at radius 2 is 2.31 bits per heavy atom. The van der Waals surface area contributed by atoms with Crippen molar-refractivity contribution in [2.45, 2.75) is 38.7 Å². The minimum Gasteiger partial charge on any atom is -0.466 e. The van der Waals surface area contributed by atoms with Gasteiger partial charge in [0.15, 0.2) is 0 Å². The maximum absolute atomic E-state index is 5.77. The van der Waals surface area contributed by atoms with Gasteiger partial charge in [0.25, 0.3) is 5.19 Å². The fourth-order valence-corrected chi connectivity index (χ4v) is 2.62. The lowest BCUT2D eigenvalue weighted by Crippen LogP contribution is -2.38. The van der Waals surface area contributed by atoms with E-state index in [-0.39, 0.29) is 0 Å². The van der Waals surface area contributed by atoms with E-state index in [1.165, 1.54) is 11.5 Å². The zero-order chi connectivity index (χ0) is 11.4. The molecule has 0 bridgehead atoms. The zero-order valence-electron chi connectivity index (χ0n) is 9.90. The highest BCUT2D eigenvalue weighted by Gasteiger charge is 2.30. The second-order valence-electron chi connectivity index (χ2n) is 4.36. The van der Waals surface area contributed by atoms with E-state index in [4.69, 9.17) is 4.74 Å². The minimum atomic E-state index is 0.362. The molecule has 0 aromatic carbocycles. The molecule has 4 nitrogen and oxygen atoms in total. The van der Waals surface area contributed by atoms with Crippen molar-refractivity contribution in [1.82, 2.24) is 14.7 Å². The number of aromatic nitrogens is 2. The van der Waals surface area contributed by atoms with Crippen molar-refractivity contribution < 1.29 is 4.74 Å². The van der Waals surface area contributed by atoms with E-state index in [2.05, 4.69) is 21.6 Å². The van der Waals surface area contributed by atoms with Gasteiger partial charge in [0.1, 0.15) is 11.9 Å². The highest BCUT2D eigenvalue weighted by Crippen LogP contribution is 2.31. The molecule has 0 spiro atoms. The second-order valence-corrected chi connectivity index (χ2v) is 5.08. The van der Waals surface area contributed by atoms with Crippen LogP contribution in [0, 0.1) is 5.92 Å². The third kappa shape index (κ3) is 2.92. The first kappa shape index (κ1) is 11.8. The number of nitrogens with zero attached hydrogens (tertiary/aromatic N) is 2. The molecule has 0 aliphatic heterocycles. The van der Waals surface area contributed by atoms with Gasteiger partial charge in [0.2, 0.25) is 0 Å². The Morgan fingerprint density at radius 3 is 3.00 bits per heavy atom. The predicted octanol–water partition coefficient (Wildman–Crippen LogP) is 1.87. The summed E-state index contributed by atoms with van der Waals surface area (Å²) in [5, 5.41) is 3.94. The van der Waals surface area contributed by atoms with Crippen LogP contribution >= 0.6 is 11.5 Å². The molecule has 1 saturated carbocycles. The number of aryl methyl sites for hydroxylation is 1. The zero-order valence-corrected chi connectivity index (χ0v) is 10.7. The van der Waals surface area contributed by atoms with Crippen LogP contribution in [0.4, 0.5) is 0 Å². The standard InChI is InChI=1S/C11H19N3OS/c1-3-4-10-13-11(16-14-10)15-9-5-8(6-9)7-12-2/h8-9,12H,3-7H2,1-2H3. The summed E-state index contributed by atoms with van der Waals surface area (Å²) in [5.74, 6) is 1.70. The maximum atomic E-state index is 5.77. The molecule has 1 aromatic heterocycles. The van der Waals surface area contributed by atoms with Crippen LogP contribution in [0.15, 0.2) is 0 Å². The van der Waals surface area contributed by atoms with Crippen LogP contribution in [0.25, 0.3) is 0 Å². The molecule has 0 atom stereocenters. The monoisotopic (exact) mass is 241 g/mol. The van der Waals surface area contributed by atoms with Crippen LogP contribution in [0.3, 0.4) is 0 Å². The molecule has 1 aliphatic rings. The molecule has 0 amide bonds. The smallest absolute Gasteiger partial charge is 0.293 e. The lowest BCUT2D eigenvalue weighted by atomic mass is 9.82. The summed E-state index contributed by atoms with van der Waals surface area (Å²) in [6.45, 7) is 3.23. The average molecular weight is 241 g/mol. The highest BCUT2D eigenvalue weighted by molar-refractivity contribution is 7.07. The van der Waals surface area contributed by atoms with Gasteiger partial charge in [-0.2, -0.15) is 9.36 Å². The SMILES string of the molecule is CCCc1nsc(OC2CC(CNC)C2)n1. The summed E-state index contributed by atoms with van der Waals surface area (Å²) in [5.41, 5.74) is 0. The molecule has 2 rings (SSSR count). The van der Waals surface area contributed by atoms with E-state index in [1.807, 2.05) is 7.05 Å². The second kappa shape index (κ2) is 5.59. The molecule has 0 saturated heterocycles. The van der Waals surface area contributed by atoms with Crippen LogP contribution in [0.1, 0.15) is 32.0 Å². The fourth-order valence-electron chi connectivity index (χ4n) is 1.98. The molecule has 1 aromatic rings. The highest BCUT2D eigenvalue weighted by atomic mass is 32.1. The van der Waals surface area contributed by atoms with E-state index in [0.717, 1.165) is 49.2 Å². The van der Waals surface area contributed by atoms with Crippen molar-refractivity contribution in [1.29, 1.82) is 0 Å². The van der Waals surface area contributed by atoms with Crippen LogP contribution in [-0.4, -0.2) is 29.1 Å². The van der Waals surface area contributed by atoms with Gasteiger partial charge in [-0.25, -0.2) is 0 Å². The Bertz CT molecular complexity index is 323. The normalized spacial score (nSPS) is 24.1. The van der Waals surface area contributed by atoms with Crippen molar-refractivity contribution >= 4 is 11.5 Å². The fraction of sp³-hybridized carbons (Fsp3) is 0.818. The summed E-state index contributed by atoms with van der Waals surface area (Å²) >= 11 is 1.38. The molecular weight excluding hydrogens is 222 g/mol. The molecule has 0 unspecified atom stereocenters. The minimum absolute atomic E-state index is 0.362. The van der Waals surface area contributed by atoms with Crippen LogP contribution < -0.4 is 10.1 Å². The van der Waals surface area contributed by atoms with Crippen LogP contribution in [0.2, 0.25) is 0 Å². The van der Waals surface area contributed by atoms with Crippen LogP contribution in [-0.2, 0) is 6.42 Å². The Morgan fingerprint density at radius 1 is 1.50 bits per heavy atom. The van der Waals surface area contributed by atoms with Crippen molar-refractivity contribution in [3.05, 3.63) is 5.82 Å². The van der Waals surface area contributed by atoms with Crippen LogP contribution in [0.5, 0.6) is 5.19 Å². The average Bonchev–Trinajstić information content (AvgIpc) is 2.63. The first-order valence-corrected chi connectivity index (χ1v) is 6.73. The van der Waals surface area contributed by atoms with Gasteiger partial charge in [-0.15, -0.1) is 0 Å². The van der Waals surface area contributed by atoms with Gasteiger partial charge >= 0.3 is 0 Å². The first-order chi connectivity index (χ1) is 7.81. The number of hydrogen-bond donors (Lipinski definition) is 1. The predicted molar refractivity (Wildman–Crippen MR) is 65.0 cm³/mol. The van der Waals surface area contributed by atoms with E-state index in [1.54, 1.807) is 0 Å². The molecule has 1 heterocycles. The molecule has 1 fully saturated rings. The summed E-state index contributed by atoms with van der Waals surface area (Å²) in [4.78, 5) is 4.36. The molecule has 1 aliphatic carbocycles. The Labute approximate surface area is 101 Å². The Hall–Kier alpha value is -0.680. The third-order valence-corrected chi connectivity index (χ3v) is 3.52. The van der Waals surface area contributed by atoms with Gasteiger partial charge in [0, 0.05) is 18.0 Å². The number of hydrogen-bond acceptors (Lipinski definition) is 5. The van der Waals surface area contributed by atoms with Crippen molar-refractivity contribution in [3.8, 4) is 5.19 Å². The molecule has 5 heteroatoms. The summed E-state index contributed by atoms with van der Waals surface area (Å²) in [6, 6.07) is 0. The summed E-state index contributed by atoms with van der Waals surface area (Å²) in [6.07, 6.45) is 4.69. The van der Waals surface area contributed by atoms with Gasteiger partial charge in [0.05, 0.1) is 0 Å². The third-order valence-electron chi connectivity index (χ3n) is 2.88. The quantitative estimate of drug-likeness (QED) is 0.826. The molecule has 90 valence electrons. The van der Waals surface area contributed by atoms with Gasteiger partial charge < -0.3 is 10.1 Å². The van der Waals surface area contributed by atoms with Crippen molar-refractivity contribution in [3.63, 3.8) is 0 Å². The van der Waals surface area contributed by atoms with Crippen molar-refractivity contribution in [2.24, 2.45) is 5.92 Å². The van der Waals surface area contributed by atoms with Gasteiger partial charge in [-0.3, -0.25) is 0 Å². The lowest BCUT2D eigenvalue weighted by molar-refractivity contribution is 0.0654. The maximum Gasteiger partial charge on any atom is 0.293 e. The first-order valence-electron chi connectivity index (χ1n) is 5.95. The van der Waals surface area contributed by atoms with E-state index >= 15 is 0 Å². The van der Waals surface area contributed by atoms with E-state index in [0.29, 0.717) is 6.10 Å². The largest absolute Gasteiger partial charge is 0.466 e. The number of ether oxygens (including phenoxy) is 1. The molecule has 16 heavy (non-hydrogen) atoms. The van der Waals surface area contributed by atoms with Crippen molar-refractivity contribution in [2.75, 3.05) is 13.6 Å². The summed E-state index contributed by atoms with van der Waals surface area (Å²) in [7, 11) is 2.00. The molecular formula is C11H19N3OS. The Kier molecular flexibility index (Phi) is 4.12. The van der Waals surface area contributed by atoms with Gasteiger partial charge in [-0.1, -0.05) is 6.92 Å². The Balaban J connectivity index is 1.73. The number of rotatable bonds is 6. The van der Waals surface area contributed by atoms with E-state index < -0.39 is 0 Å². The van der Waals surface area contributed by atoms with Gasteiger partial charge in [-0.05, 0) is 38.8 Å².